The number of hydrogen-bond donors (Lipinski definition) is 1. The summed E-state index contributed by atoms with van der Waals surface area (Å²) < 4.78 is 0. The van der Waals surface area contributed by atoms with Crippen LogP contribution in [0.4, 0.5) is 5.69 Å². The highest BCUT2D eigenvalue weighted by molar-refractivity contribution is 6.32. The largest absolute Gasteiger partial charge is 0.397 e. The van der Waals surface area contributed by atoms with E-state index >= 15 is 0 Å². The summed E-state index contributed by atoms with van der Waals surface area (Å²) in [5.41, 5.74) is 6.07. The topological polar surface area (TPSA) is 68.5 Å². The Labute approximate surface area is 86.4 Å². The standard InChI is InChI=1S/C8H10ClN3O2/c1-12(14-2)8(13)6-3-5(10)4-11-7(6)9/h3-4H,10H2,1-2H3. The summed E-state index contributed by atoms with van der Waals surface area (Å²) in [6, 6.07) is 1.45. The normalized spacial score (nSPS) is 9.93. The number of aromatic nitrogens is 1. The minimum atomic E-state index is -0.391. The van der Waals surface area contributed by atoms with Crippen LogP contribution in [-0.2, 0) is 4.84 Å². The number of rotatable bonds is 2. The van der Waals surface area contributed by atoms with Gasteiger partial charge >= 0.3 is 0 Å². The number of anilines is 1. The van der Waals surface area contributed by atoms with Crippen molar-refractivity contribution in [3.8, 4) is 0 Å². The van der Waals surface area contributed by atoms with Crippen LogP contribution in [0, 0.1) is 0 Å². The minimum absolute atomic E-state index is 0.105. The molecule has 76 valence electrons. The van der Waals surface area contributed by atoms with Crippen molar-refractivity contribution in [2.24, 2.45) is 0 Å². The second kappa shape index (κ2) is 4.26. The maximum Gasteiger partial charge on any atom is 0.280 e. The minimum Gasteiger partial charge on any atom is -0.397 e. The highest BCUT2D eigenvalue weighted by atomic mass is 35.5. The third kappa shape index (κ3) is 2.12. The Balaban J connectivity index is 3.06. The van der Waals surface area contributed by atoms with Crippen molar-refractivity contribution in [3.63, 3.8) is 0 Å². The molecule has 0 saturated carbocycles. The highest BCUT2D eigenvalue weighted by Gasteiger charge is 2.16. The first-order chi connectivity index (χ1) is 6.56. The van der Waals surface area contributed by atoms with E-state index in [-0.39, 0.29) is 10.7 Å². The van der Waals surface area contributed by atoms with Gasteiger partial charge in [-0.3, -0.25) is 9.63 Å². The van der Waals surface area contributed by atoms with E-state index in [1.165, 1.54) is 26.4 Å². The fraction of sp³-hybridized carbons (Fsp3) is 0.250. The number of halogens is 1. The lowest BCUT2D eigenvalue weighted by atomic mass is 10.2. The molecule has 0 bridgehead atoms. The molecular formula is C8H10ClN3O2. The second-order valence-electron chi connectivity index (χ2n) is 2.59. The lowest BCUT2D eigenvalue weighted by Gasteiger charge is -2.14. The summed E-state index contributed by atoms with van der Waals surface area (Å²) in [6.07, 6.45) is 1.38. The summed E-state index contributed by atoms with van der Waals surface area (Å²) in [5.74, 6) is -0.391. The summed E-state index contributed by atoms with van der Waals surface area (Å²) >= 11 is 5.72. The van der Waals surface area contributed by atoms with Crippen molar-refractivity contribution in [1.82, 2.24) is 10.0 Å². The van der Waals surface area contributed by atoms with E-state index in [9.17, 15) is 4.79 Å². The molecule has 2 N–H and O–H groups in total. The molecule has 0 saturated heterocycles. The molecule has 0 aromatic carbocycles. The van der Waals surface area contributed by atoms with Crippen molar-refractivity contribution >= 4 is 23.2 Å². The van der Waals surface area contributed by atoms with E-state index in [2.05, 4.69) is 4.98 Å². The number of hydroxylamine groups is 2. The Hall–Kier alpha value is -1.33. The van der Waals surface area contributed by atoms with Crippen LogP contribution in [0.5, 0.6) is 0 Å². The molecule has 14 heavy (non-hydrogen) atoms. The molecule has 1 aromatic rings. The van der Waals surface area contributed by atoms with Crippen LogP contribution in [0.1, 0.15) is 10.4 Å². The number of amides is 1. The first-order valence-electron chi connectivity index (χ1n) is 3.79. The van der Waals surface area contributed by atoms with Gasteiger partial charge in [-0.2, -0.15) is 0 Å². The van der Waals surface area contributed by atoms with Crippen molar-refractivity contribution in [2.75, 3.05) is 19.9 Å². The van der Waals surface area contributed by atoms with Gasteiger partial charge in [0.05, 0.1) is 24.6 Å². The van der Waals surface area contributed by atoms with Gasteiger partial charge in [-0.05, 0) is 6.07 Å². The van der Waals surface area contributed by atoms with Crippen LogP contribution < -0.4 is 5.73 Å². The summed E-state index contributed by atoms with van der Waals surface area (Å²) in [4.78, 5) is 20.0. The number of carbonyl (C=O) groups is 1. The van der Waals surface area contributed by atoms with E-state index in [1.807, 2.05) is 0 Å². The molecule has 5 nitrogen and oxygen atoms in total. The summed E-state index contributed by atoms with van der Waals surface area (Å²) in [7, 11) is 2.85. The lowest BCUT2D eigenvalue weighted by Crippen LogP contribution is -2.25. The van der Waals surface area contributed by atoms with E-state index in [1.54, 1.807) is 0 Å². The number of hydrogen-bond acceptors (Lipinski definition) is 4. The van der Waals surface area contributed by atoms with Crippen LogP contribution in [0.3, 0.4) is 0 Å². The number of nitrogen functional groups attached to an aromatic ring is 1. The molecule has 0 aliphatic rings. The van der Waals surface area contributed by atoms with Crippen LogP contribution in [0.25, 0.3) is 0 Å². The fourth-order valence-electron chi connectivity index (χ4n) is 0.867. The zero-order valence-corrected chi connectivity index (χ0v) is 8.58. The molecule has 1 amide bonds. The Morgan fingerprint density at radius 1 is 1.71 bits per heavy atom. The summed E-state index contributed by atoms with van der Waals surface area (Å²) in [5, 5.41) is 1.15. The highest BCUT2D eigenvalue weighted by Crippen LogP contribution is 2.16. The monoisotopic (exact) mass is 215 g/mol. The predicted octanol–water partition coefficient (Wildman–Crippen LogP) is 0.951. The van der Waals surface area contributed by atoms with Crippen molar-refractivity contribution in [2.45, 2.75) is 0 Å². The van der Waals surface area contributed by atoms with Gasteiger partial charge in [-0.1, -0.05) is 11.6 Å². The Kier molecular flexibility index (Phi) is 3.27. The maximum absolute atomic E-state index is 11.6. The van der Waals surface area contributed by atoms with Crippen LogP contribution in [0.2, 0.25) is 5.15 Å². The third-order valence-corrected chi connectivity index (χ3v) is 1.95. The van der Waals surface area contributed by atoms with Gasteiger partial charge in [-0.25, -0.2) is 10.0 Å². The van der Waals surface area contributed by atoms with Crippen LogP contribution in [0.15, 0.2) is 12.3 Å². The smallest absolute Gasteiger partial charge is 0.280 e. The fourth-order valence-corrected chi connectivity index (χ4v) is 1.05. The Bertz CT molecular complexity index is 356. The van der Waals surface area contributed by atoms with Gasteiger partial charge in [0.15, 0.2) is 0 Å². The number of nitrogens with two attached hydrogens (primary N) is 1. The van der Waals surface area contributed by atoms with E-state index in [4.69, 9.17) is 22.2 Å². The van der Waals surface area contributed by atoms with Gasteiger partial charge in [0.1, 0.15) is 5.15 Å². The molecule has 1 heterocycles. The maximum atomic E-state index is 11.6. The van der Waals surface area contributed by atoms with E-state index in [0.717, 1.165) is 5.06 Å². The quantitative estimate of drug-likeness (QED) is 0.589. The molecule has 1 rings (SSSR count). The first-order valence-corrected chi connectivity index (χ1v) is 4.17. The van der Waals surface area contributed by atoms with E-state index < -0.39 is 5.91 Å². The van der Waals surface area contributed by atoms with Gasteiger partial charge in [0, 0.05) is 7.05 Å². The van der Waals surface area contributed by atoms with Gasteiger partial charge in [0.25, 0.3) is 5.91 Å². The van der Waals surface area contributed by atoms with Crippen molar-refractivity contribution in [3.05, 3.63) is 23.0 Å². The molecule has 0 aliphatic heterocycles. The molecule has 0 aliphatic carbocycles. The molecule has 0 spiro atoms. The van der Waals surface area contributed by atoms with Crippen molar-refractivity contribution < 1.29 is 9.63 Å². The third-order valence-electron chi connectivity index (χ3n) is 1.65. The van der Waals surface area contributed by atoms with Crippen LogP contribution >= 0.6 is 11.6 Å². The van der Waals surface area contributed by atoms with Gasteiger partial charge in [0.2, 0.25) is 0 Å². The van der Waals surface area contributed by atoms with Gasteiger partial charge in [-0.15, -0.1) is 0 Å². The van der Waals surface area contributed by atoms with Gasteiger partial charge < -0.3 is 5.73 Å². The Morgan fingerprint density at radius 3 is 2.93 bits per heavy atom. The number of pyridine rings is 1. The predicted molar refractivity (Wildman–Crippen MR) is 52.8 cm³/mol. The molecule has 0 unspecified atom stereocenters. The van der Waals surface area contributed by atoms with Crippen molar-refractivity contribution in [1.29, 1.82) is 0 Å². The van der Waals surface area contributed by atoms with E-state index in [0.29, 0.717) is 5.69 Å². The van der Waals surface area contributed by atoms with Crippen LogP contribution in [-0.4, -0.2) is 30.1 Å². The zero-order chi connectivity index (χ0) is 10.7. The number of nitrogens with zero attached hydrogens (tertiary/aromatic N) is 2. The molecular weight excluding hydrogens is 206 g/mol. The summed E-state index contributed by atoms with van der Waals surface area (Å²) in [6.45, 7) is 0. The molecule has 0 atom stereocenters. The molecule has 0 radical (unpaired) electrons. The number of carbonyl (C=O) groups excluding carboxylic acids is 1. The zero-order valence-electron chi connectivity index (χ0n) is 7.82. The lowest BCUT2D eigenvalue weighted by molar-refractivity contribution is -0.0757. The molecule has 1 aromatic heterocycles. The average molecular weight is 216 g/mol. The molecule has 0 fully saturated rings. The Morgan fingerprint density at radius 2 is 2.36 bits per heavy atom. The SMILES string of the molecule is CON(C)C(=O)c1cc(N)cnc1Cl. The average Bonchev–Trinajstić information content (AvgIpc) is 2.19. The molecule has 6 heteroatoms. The first kappa shape index (κ1) is 10.7. The second-order valence-corrected chi connectivity index (χ2v) is 2.95.